The van der Waals surface area contributed by atoms with E-state index in [4.69, 9.17) is 27.9 Å². The first kappa shape index (κ1) is 26.0. The van der Waals surface area contributed by atoms with Crippen LogP contribution in [-0.4, -0.2) is 12.4 Å². The number of halogens is 4. The van der Waals surface area contributed by atoms with Gasteiger partial charge in [0.05, 0.1) is 18.7 Å². The van der Waals surface area contributed by atoms with E-state index >= 15 is 0 Å². The van der Waals surface area contributed by atoms with E-state index in [0.29, 0.717) is 19.6 Å². The van der Waals surface area contributed by atoms with Crippen LogP contribution in [0.3, 0.4) is 0 Å². The molecule has 4 nitrogen and oxygen atoms in total. The van der Waals surface area contributed by atoms with Gasteiger partial charge < -0.3 is 11.1 Å². The molecule has 0 heterocycles. The lowest BCUT2D eigenvalue weighted by Crippen LogP contribution is -2.12. The molecule has 2 aromatic carbocycles. The molecule has 0 radical (unpaired) electrons. The van der Waals surface area contributed by atoms with Gasteiger partial charge in [0, 0.05) is 13.1 Å². The zero-order valence-electron chi connectivity index (χ0n) is 14.0. The Balaban J connectivity index is 0. The van der Waals surface area contributed by atoms with Crippen molar-refractivity contribution in [3.63, 3.8) is 0 Å². The van der Waals surface area contributed by atoms with E-state index in [1.54, 1.807) is 30.3 Å². The molecule has 26 heavy (non-hydrogen) atoms. The third-order valence-electron chi connectivity index (χ3n) is 2.66. The second-order valence-corrected chi connectivity index (χ2v) is 4.78. The summed E-state index contributed by atoms with van der Waals surface area (Å²) in [6.45, 7) is 1.39. The second-order valence-electron chi connectivity index (χ2n) is 4.51. The first-order valence-electron chi connectivity index (χ1n) is 7.26. The number of alkyl halides is 1. The highest BCUT2D eigenvalue weighted by atomic mass is 35.5. The molecule has 0 spiro atoms. The Morgan fingerprint density at radius 2 is 1.31 bits per heavy atom. The second kappa shape index (κ2) is 17.6. The van der Waals surface area contributed by atoms with E-state index in [0.717, 1.165) is 11.1 Å². The van der Waals surface area contributed by atoms with Crippen LogP contribution in [0, 0.1) is 34.3 Å². The van der Waals surface area contributed by atoms with Crippen LogP contribution in [0.4, 0.5) is 8.78 Å². The van der Waals surface area contributed by atoms with E-state index in [1.807, 2.05) is 6.07 Å². The quantitative estimate of drug-likeness (QED) is 0.462. The zero-order valence-corrected chi connectivity index (χ0v) is 15.5. The minimum absolute atomic E-state index is 0. The molecule has 140 valence electrons. The maximum absolute atomic E-state index is 12.4. The highest BCUT2D eigenvalue weighted by molar-refractivity contribution is 6.19. The number of nitrogens with zero attached hydrogens (tertiary/aromatic N) is 2. The number of benzene rings is 2. The average molecular weight is 401 g/mol. The fourth-order valence-electron chi connectivity index (χ4n) is 1.49. The van der Waals surface area contributed by atoms with Gasteiger partial charge in [0.2, 0.25) is 0 Å². The van der Waals surface area contributed by atoms with Gasteiger partial charge in [-0.05, 0) is 35.4 Å². The van der Waals surface area contributed by atoms with Gasteiger partial charge >= 0.3 is 0 Å². The molecular weight excluding hydrogens is 381 g/mol. The van der Waals surface area contributed by atoms with Crippen LogP contribution in [-0.2, 0) is 13.1 Å². The molecule has 0 aromatic heterocycles. The third-order valence-corrected chi connectivity index (χ3v) is 2.77. The number of hydrogen-bond acceptors (Lipinski definition) is 4. The molecule has 0 saturated heterocycles. The summed E-state index contributed by atoms with van der Waals surface area (Å²) < 4.78 is 24.6. The summed E-state index contributed by atoms with van der Waals surface area (Å²) in [5.74, 6) is -0.355. The summed E-state index contributed by atoms with van der Waals surface area (Å²) in [5.41, 5.74) is 7.21. The standard InChI is InChI=1S/C9H9FN2.C7H8FN.C2H2ClN.ClH/c10-9-3-1-8(2-4-9)7-12-6-5-11;8-7-3-1-6(5-9)2-4-7;3-1-2-4;/h1-4,12H,6-7H2;1-4H,5,9H2;1H2;1H. The molecule has 0 bridgehead atoms. The van der Waals surface area contributed by atoms with Gasteiger partial charge in [-0.25, -0.2) is 8.78 Å². The molecule has 0 fully saturated rings. The van der Waals surface area contributed by atoms with Crippen molar-refractivity contribution in [1.29, 1.82) is 10.5 Å². The molecule has 2 aromatic rings. The maximum Gasteiger partial charge on any atom is 0.123 e. The van der Waals surface area contributed by atoms with Crippen molar-refractivity contribution in [2.45, 2.75) is 13.1 Å². The number of nitriles is 2. The lowest BCUT2D eigenvalue weighted by molar-refractivity contribution is 0.626. The topological polar surface area (TPSA) is 85.6 Å². The fraction of sp³-hybridized carbons (Fsp3) is 0.222. The largest absolute Gasteiger partial charge is 0.326 e. The Hall–Kier alpha value is -2.22. The number of nitrogens with two attached hydrogens (primary N) is 1. The highest BCUT2D eigenvalue weighted by Crippen LogP contribution is 2.01. The van der Waals surface area contributed by atoms with E-state index in [1.165, 1.54) is 24.3 Å². The number of rotatable bonds is 4. The molecule has 0 aliphatic rings. The predicted molar refractivity (Wildman–Crippen MR) is 102 cm³/mol. The smallest absolute Gasteiger partial charge is 0.123 e. The molecule has 8 heteroatoms. The molecule has 0 aliphatic carbocycles. The summed E-state index contributed by atoms with van der Waals surface area (Å²) in [4.78, 5) is 0. The van der Waals surface area contributed by atoms with Crippen LogP contribution < -0.4 is 11.1 Å². The van der Waals surface area contributed by atoms with Gasteiger partial charge in [0.25, 0.3) is 0 Å². The lowest BCUT2D eigenvalue weighted by atomic mass is 10.2. The monoisotopic (exact) mass is 400 g/mol. The highest BCUT2D eigenvalue weighted by Gasteiger charge is 1.92. The van der Waals surface area contributed by atoms with Crippen LogP contribution in [0.2, 0.25) is 0 Å². The summed E-state index contributed by atoms with van der Waals surface area (Å²) in [7, 11) is 0. The van der Waals surface area contributed by atoms with Crippen molar-refractivity contribution in [3.8, 4) is 12.1 Å². The Morgan fingerprint density at radius 3 is 1.65 bits per heavy atom. The van der Waals surface area contributed by atoms with Crippen LogP contribution in [0.5, 0.6) is 0 Å². The normalized spacial score (nSPS) is 8.38. The van der Waals surface area contributed by atoms with Gasteiger partial charge in [-0.3, -0.25) is 0 Å². The lowest BCUT2D eigenvalue weighted by Gasteiger charge is -1.99. The summed E-state index contributed by atoms with van der Waals surface area (Å²) >= 11 is 4.82. The minimum atomic E-state index is -0.237. The van der Waals surface area contributed by atoms with E-state index < -0.39 is 0 Å². The van der Waals surface area contributed by atoms with E-state index in [2.05, 4.69) is 5.32 Å². The molecule has 0 saturated carbocycles. The van der Waals surface area contributed by atoms with Crippen molar-refractivity contribution in [2.75, 3.05) is 12.4 Å². The van der Waals surface area contributed by atoms with Crippen LogP contribution in [0.1, 0.15) is 11.1 Å². The molecular formula is C18H20Cl2F2N4. The fourth-order valence-corrected chi connectivity index (χ4v) is 1.49. The van der Waals surface area contributed by atoms with Crippen LogP contribution in [0.15, 0.2) is 48.5 Å². The Morgan fingerprint density at radius 1 is 0.885 bits per heavy atom. The first-order chi connectivity index (χ1) is 12.1. The molecule has 0 unspecified atom stereocenters. The molecule has 3 N–H and O–H groups in total. The van der Waals surface area contributed by atoms with Crippen molar-refractivity contribution < 1.29 is 8.78 Å². The van der Waals surface area contributed by atoms with Crippen molar-refractivity contribution in [3.05, 3.63) is 71.3 Å². The Bertz CT molecular complexity index is 666. The van der Waals surface area contributed by atoms with Crippen molar-refractivity contribution in [2.24, 2.45) is 5.73 Å². The van der Waals surface area contributed by atoms with Gasteiger partial charge in [-0.2, -0.15) is 10.5 Å². The van der Waals surface area contributed by atoms with Crippen molar-refractivity contribution >= 4 is 24.0 Å². The SMILES string of the molecule is Cl.N#CCCl.N#CCNCc1ccc(F)cc1.NCc1ccc(F)cc1. The van der Waals surface area contributed by atoms with Crippen LogP contribution >= 0.6 is 24.0 Å². The average Bonchev–Trinajstić information content (AvgIpc) is 2.65. The van der Waals surface area contributed by atoms with Gasteiger partial charge in [-0.1, -0.05) is 24.3 Å². The third kappa shape index (κ3) is 14.2. The van der Waals surface area contributed by atoms with Gasteiger partial charge in [-0.15, -0.1) is 24.0 Å². The number of nitrogens with one attached hydrogen (secondary N) is 1. The van der Waals surface area contributed by atoms with Gasteiger partial charge in [0.15, 0.2) is 0 Å². The first-order valence-corrected chi connectivity index (χ1v) is 7.80. The predicted octanol–water partition coefficient (Wildman–Crippen LogP) is 3.89. The summed E-state index contributed by atoms with van der Waals surface area (Å²) in [6.07, 6.45) is 0. The molecule has 0 atom stereocenters. The molecule has 2 rings (SSSR count). The van der Waals surface area contributed by atoms with E-state index in [-0.39, 0.29) is 29.9 Å². The summed E-state index contributed by atoms with van der Waals surface area (Å²) in [5, 5.41) is 18.6. The van der Waals surface area contributed by atoms with E-state index in [9.17, 15) is 8.78 Å². The van der Waals surface area contributed by atoms with Crippen LogP contribution in [0.25, 0.3) is 0 Å². The van der Waals surface area contributed by atoms with Gasteiger partial charge in [0.1, 0.15) is 17.5 Å². The Labute approximate surface area is 163 Å². The minimum Gasteiger partial charge on any atom is -0.326 e. The van der Waals surface area contributed by atoms with Crippen molar-refractivity contribution in [1.82, 2.24) is 5.32 Å². The Kier molecular flexibility index (Phi) is 17.6. The summed E-state index contributed by atoms with van der Waals surface area (Å²) in [6, 6.07) is 16.0. The number of hydrogen-bond donors (Lipinski definition) is 2. The molecule has 0 amide bonds. The maximum atomic E-state index is 12.4. The zero-order chi connectivity index (χ0) is 18.9. The molecule has 0 aliphatic heterocycles.